The summed E-state index contributed by atoms with van der Waals surface area (Å²) < 4.78 is 0. The largest absolute Gasteiger partial charge is 0.335 e. The van der Waals surface area contributed by atoms with Crippen LogP contribution >= 0.6 is 0 Å². The lowest BCUT2D eigenvalue weighted by molar-refractivity contribution is 0.268. The molecule has 0 atom stereocenters. The minimum absolute atomic E-state index is 0.0443. The fourth-order valence-electron chi connectivity index (χ4n) is 1.70. The van der Waals surface area contributed by atoms with Crippen molar-refractivity contribution in [2.24, 2.45) is 5.92 Å². The number of aromatic nitrogens is 1. The number of amides is 1. The second-order valence-electron chi connectivity index (χ2n) is 4.76. The number of nitrogens with zero attached hydrogens (tertiary/aromatic N) is 1. The smallest absolute Gasteiger partial charge is 0.233 e. The summed E-state index contributed by atoms with van der Waals surface area (Å²) in [6.07, 6.45) is 4.36. The van der Waals surface area contributed by atoms with Crippen molar-refractivity contribution in [3.8, 4) is 0 Å². The Morgan fingerprint density at radius 2 is 2.17 bits per heavy atom. The zero-order valence-electron chi connectivity index (χ0n) is 10.7. The van der Waals surface area contributed by atoms with E-state index in [0.29, 0.717) is 5.92 Å². The lowest BCUT2D eigenvalue weighted by Crippen LogP contribution is -2.18. The first-order valence-electron chi connectivity index (χ1n) is 6.13. The van der Waals surface area contributed by atoms with Crippen LogP contribution in [0, 0.1) is 5.92 Å². The van der Waals surface area contributed by atoms with Crippen molar-refractivity contribution in [2.45, 2.75) is 20.2 Å². The van der Waals surface area contributed by atoms with Crippen molar-refractivity contribution in [1.29, 1.82) is 0 Å². The van der Waals surface area contributed by atoms with Gasteiger partial charge < -0.3 is 5.32 Å². The molecule has 18 heavy (non-hydrogen) atoms. The molecule has 4 heteroatoms. The van der Waals surface area contributed by atoms with E-state index in [1.165, 1.54) is 0 Å². The van der Waals surface area contributed by atoms with E-state index in [4.69, 9.17) is 0 Å². The summed E-state index contributed by atoms with van der Waals surface area (Å²) in [7, 11) is 1.70. The molecule has 2 rings (SSSR count). The maximum absolute atomic E-state index is 11.7. The molecular weight excluding hydrogens is 223 g/mol. The molecule has 0 saturated heterocycles. The predicted octanol–water partition coefficient (Wildman–Crippen LogP) is 3.55. The van der Waals surface area contributed by atoms with Crippen molar-refractivity contribution in [2.75, 3.05) is 5.32 Å². The Morgan fingerprint density at radius 1 is 1.33 bits per heavy atom. The number of fused-ring (bicyclic) bond motifs is 1. The summed E-state index contributed by atoms with van der Waals surface area (Å²) >= 11 is 0. The van der Waals surface area contributed by atoms with Crippen LogP contribution in [0.2, 0.25) is 6.32 Å². The number of carbonyl (C=O) groups excluding carboxylic acids is 1. The van der Waals surface area contributed by atoms with Gasteiger partial charge in [0.25, 0.3) is 0 Å². The minimum atomic E-state index is -0.0443. The third-order valence-electron chi connectivity index (χ3n) is 2.68. The summed E-state index contributed by atoms with van der Waals surface area (Å²) in [5.41, 5.74) is 0.818. The van der Waals surface area contributed by atoms with Crippen molar-refractivity contribution in [3.63, 3.8) is 0 Å². The Bertz CT molecular complexity index is 554. The highest BCUT2D eigenvalue weighted by Gasteiger charge is 2.06. The first-order valence-corrected chi connectivity index (χ1v) is 6.13. The molecule has 0 aliphatic rings. The summed E-state index contributed by atoms with van der Waals surface area (Å²) in [4.78, 5) is 15.7. The van der Waals surface area contributed by atoms with Crippen LogP contribution < -0.4 is 5.32 Å². The van der Waals surface area contributed by atoms with Crippen LogP contribution in [0.1, 0.15) is 13.8 Å². The molecule has 1 aromatic heterocycles. The van der Waals surface area contributed by atoms with E-state index in [2.05, 4.69) is 24.1 Å². The quantitative estimate of drug-likeness (QED) is 0.829. The SMILES string of the molecule is CC(C)C[B]C(=O)Nc1ccc2cnccc2c1. The first kappa shape index (κ1) is 12.6. The number of rotatable bonds is 4. The number of hydrogen-bond donors (Lipinski definition) is 1. The number of hydrogen-bond acceptors (Lipinski definition) is 2. The molecule has 1 N–H and O–H groups in total. The molecule has 0 aliphatic carbocycles. The number of anilines is 1. The highest BCUT2D eigenvalue weighted by molar-refractivity contribution is 6.75. The monoisotopic (exact) mass is 239 g/mol. The summed E-state index contributed by atoms with van der Waals surface area (Å²) in [6, 6.07) is 7.74. The van der Waals surface area contributed by atoms with Gasteiger partial charge in [0.1, 0.15) is 0 Å². The molecule has 1 amide bonds. The highest BCUT2D eigenvalue weighted by Crippen LogP contribution is 2.18. The summed E-state index contributed by atoms with van der Waals surface area (Å²) in [5.74, 6) is 0.454. The molecule has 0 unspecified atom stereocenters. The van der Waals surface area contributed by atoms with E-state index in [1.54, 1.807) is 13.5 Å². The third kappa shape index (κ3) is 3.33. The minimum Gasteiger partial charge on any atom is -0.335 e. The molecule has 0 spiro atoms. The Morgan fingerprint density at radius 3 is 2.94 bits per heavy atom. The lowest BCUT2D eigenvalue weighted by Gasteiger charge is -2.07. The van der Waals surface area contributed by atoms with Gasteiger partial charge in [-0.2, -0.15) is 0 Å². The second kappa shape index (κ2) is 5.67. The summed E-state index contributed by atoms with van der Waals surface area (Å²) in [6.45, 7) is 4.18. The van der Waals surface area contributed by atoms with Crippen molar-refractivity contribution in [3.05, 3.63) is 36.7 Å². The normalized spacial score (nSPS) is 10.6. The molecule has 1 radical (unpaired) electrons. The highest BCUT2D eigenvalue weighted by atomic mass is 16.1. The standard InChI is InChI=1S/C14H16BN2O/c1-10(2)8-15-14(18)17-13-4-3-12-9-16-6-5-11(12)7-13/h3-7,9-10H,8H2,1-2H3,(H,17,18). The van der Waals surface area contributed by atoms with Crippen LogP contribution in [0.3, 0.4) is 0 Å². The van der Waals surface area contributed by atoms with E-state index >= 15 is 0 Å². The predicted molar refractivity (Wildman–Crippen MR) is 76.2 cm³/mol. The van der Waals surface area contributed by atoms with E-state index in [0.717, 1.165) is 22.8 Å². The molecule has 0 saturated carbocycles. The van der Waals surface area contributed by atoms with E-state index in [9.17, 15) is 4.79 Å². The second-order valence-corrected chi connectivity index (χ2v) is 4.76. The van der Waals surface area contributed by atoms with Crippen LogP contribution in [0.4, 0.5) is 10.5 Å². The van der Waals surface area contributed by atoms with Crippen molar-refractivity contribution < 1.29 is 4.79 Å². The number of carbonyl (C=O) groups is 1. The average molecular weight is 239 g/mol. The molecule has 0 fully saturated rings. The van der Waals surface area contributed by atoms with Crippen molar-refractivity contribution >= 4 is 29.5 Å². The number of nitrogens with one attached hydrogen (secondary N) is 1. The van der Waals surface area contributed by atoms with Gasteiger partial charge >= 0.3 is 0 Å². The van der Waals surface area contributed by atoms with Gasteiger partial charge in [-0.15, -0.1) is 0 Å². The maximum atomic E-state index is 11.7. The fourth-order valence-corrected chi connectivity index (χ4v) is 1.70. The summed E-state index contributed by atoms with van der Waals surface area (Å²) in [5, 5.41) is 5.02. The van der Waals surface area contributed by atoms with Crippen LogP contribution in [-0.4, -0.2) is 18.1 Å². The fraction of sp³-hybridized carbons (Fsp3) is 0.286. The number of benzene rings is 1. The Balaban J connectivity index is 2.05. The van der Waals surface area contributed by atoms with Crippen molar-refractivity contribution in [1.82, 2.24) is 4.98 Å². The Labute approximate surface area is 108 Å². The van der Waals surface area contributed by atoms with Gasteiger partial charge in [-0.1, -0.05) is 32.2 Å². The van der Waals surface area contributed by atoms with Gasteiger partial charge in [0.2, 0.25) is 7.28 Å². The van der Waals surface area contributed by atoms with Gasteiger partial charge in [-0.25, -0.2) is 0 Å². The zero-order valence-corrected chi connectivity index (χ0v) is 10.7. The third-order valence-corrected chi connectivity index (χ3v) is 2.68. The van der Waals surface area contributed by atoms with Crippen LogP contribution in [0.25, 0.3) is 10.8 Å². The van der Waals surface area contributed by atoms with E-state index < -0.39 is 0 Å². The van der Waals surface area contributed by atoms with Gasteiger partial charge in [0, 0.05) is 23.5 Å². The topological polar surface area (TPSA) is 42.0 Å². The first-order chi connectivity index (χ1) is 8.65. The van der Waals surface area contributed by atoms with Gasteiger partial charge in [-0.05, 0) is 23.6 Å². The molecule has 3 nitrogen and oxygen atoms in total. The van der Waals surface area contributed by atoms with E-state index in [-0.39, 0.29) is 5.81 Å². The van der Waals surface area contributed by atoms with Crippen LogP contribution in [0.5, 0.6) is 0 Å². The molecule has 0 aliphatic heterocycles. The van der Waals surface area contributed by atoms with Gasteiger partial charge in [0.05, 0.1) is 0 Å². The molecule has 0 bridgehead atoms. The Kier molecular flexibility index (Phi) is 3.97. The van der Waals surface area contributed by atoms with Crippen LogP contribution in [0.15, 0.2) is 36.7 Å². The zero-order chi connectivity index (χ0) is 13.0. The average Bonchev–Trinajstić information content (AvgIpc) is 2.36. The molecule has 2 aromatic rings. The van der Waals surface area contributed by atoms with E-state index in [1.807, 2.05) is 30.5 Å². The molecule has 91 valence electrons. The lowest BCUT2D eigenvalue weighted by atomic mass is 9.69. The molecule has 1 aromatic carbocycles. The maximum Gasteiger partial charge on any atom is 0.233 e. The Hall–Kier alpha value is -1.84. The van der Waals surface area contributed by atoms with Gasteiger partial charge in [-0.3, -0.25) is 9.78 Å². The van der Waals surface area contributed by atoms with Gasteiger partial charge in [0.15, 0.2) is 5.81 Å². The molecular formula is C14H16BN2O. The van der Waals surface area contributed by atoms with Crippen LogP contribution in [-0.2, 0) is 0 Å². The molecule has 1 heterocycles. The number of pyridine rings is 1.